The van der Waals surface area contributed by atoms with Crippen LogP contribution >= 0.6 is 0 Å². The number of hydroxylamine groups is 1. The van der Waals surface area contributed by atoms with Gasteiger partial charge < -0.3 is 9.57 Å². The Morgan fingerprint density at radius 2 is 2.00 bits per heavy atom. The molecule has 0 fully saturated rings. The maximum atomic E-state index is 5.69. The molecular weight excluding hydrogens is 202 g/mol. The fourth-order valence-corrected chi connectivity index (χ4v) is 2.68. The van der Waals surface area contributed by atoms with Crippen LogP contribution in [0.2, 0.25) is 0 Å². The summed E-state index contributed by atoms with van der Waals surface area (Å²) in [7, 11) is 1.65. The number of fused-ring (bicyclic) bond motifs is 2. The molecule has 1 aliphatic heterocycles. The fraction of sp³-hybridized carbons (Fsp3) is 0.538. The molecule has 0 aromatic heterocycles. The van der Waals surface area contributed by atoms with E-state index in [0.717, 1.165) is 5.75 Å². The first-order valence-corrected chi connectivity index (χ1v) is 5.95. The Labute approximate surface area is 95.7 Å². The number of benzene rings is 1. The summed E-state index contributed by atoms with van der Waals surface area (Å²) < 4.78 is 5.69. The molecule has 1 N–H and O–H groups in total. The lowest BCUT2D eigenvalue weighted by Crippen LogP contribution is -2.21. The van der Waals surface area contributed by atoms with Crippen molar-refractivity contribution in [3.05, 3.63) is 28.8 Å². The van der Waals surface area contributed by atoms with Gasteiger partial charge in [0.1, 0.15) is 12.4 Å². The third kappa shape index (κ3) is 1.60. The molecule has 1 heterocycles. The van der Waals surface area contributed by atoms with Gasteiger partial charge in [0.25, 0.3) is 0 Å². The Kier molecular flexibility index (Phi) is 2.58. The van der Waals surface area contributed by atoms with E-state index in [0.29, 0.717) is 6.61 Å². The largest absolute Gasteiger partial charge is 0.491 e. The molecule has 3 rings (SSSR count). The highest BCUT2D eigenvalue weighted by atomic mass is 16.6. The number of ether oxygens (including phenoxy) is 1. The van der Waals surface area contributed by atoms with Gasteiger partial charge >= 0.3 is 0 Å². The predicted molar refractivity (Wildman–Crippen MR) is 61.5 cm³/mol. The van der Waals surface area contributed by atoms with Gasteiger partial charge in [-0.3, -0.25) is 0 Å². The number of nitrogens with one attached hydrogen (secondary N) is 1. The molecule has 86 valence electrons. The number of aryl methyl sites for hydroxylation is 2. The maximum absolute atomic E-state index is 5.69. The first-order chi connectivity index (χ1) is 7.88. The van der Waals surface area contributed by atoms with Crippen LogP contribution in [0.4, 0.5) is 0 Å². The van der Waals surface area contributed by atoms with Crippen molar-refractivity contribution in [1.82, 2.24) is 5.48 Å². The van der Waals surface area contributed by atoms with Gasteiger partial charge in [0, 0.05) is 5.56 Å². The molecule has 3 heteroatoms. The first kappa shape index (κ1) is 10.1. The molecular formula is C13H17NO2. The highest BCUT2D eigenvalue weighted by Gasteiger charge is 2.26. The van der Waals surface area contributed by atoms with Crippen LogP contribution < -0.4 is 10.2 Å². The SMILES string of the molecule is CONC1COc2cc3c(cc21)CCCC3. The molecule has 1 aliphatic carbocycles. The van der Waals surface area contributed by atoms with Crippen molar-refractivity contribution in [2.45, 2.75) is 31.7 Å². The Morgan fingerprint density at radius 1 is 1.25 bits per heavy atom. The van der Waals surface area contributed by atoms with Crippen LogP contribution in [0.3, 0.4) is 0 Å². The Bertz CT molecular complexity index is 403. The third-order valence-corrected chi connectivity index (χ3v) is 3.52. The Morgan fingerprint density at radius 3 is 2.75 bits per heavy atom. The van der Waals surface area contributed by atoms with E-state index in [9.17, 15) is 0 Å². The summed E-state index contributed by atoms with van der Waals surface area (Å²) in [6, 6.07) is 4.71. The van der Waals surface area contributed by atoms with E-state index in [4.69, 9.17) is 9.57 Å². The molecule has 1 aromatic carbocycles. The summed E-state index contributed by atoms with van der Waals surface area (Å²) in [5.74, 6) is 1.04. The van der Waals surface area contributed by atoms with E-state index >= 15 is 0 Å². The van der Waals surface area contributed by atoms with E-state index in [1.165, 1.54) is 42.4 Å². The van der Waals surface area contributed by atoms with E-state index in [1.807, 2.05) is 0 Å². The van der Waals surface area contributed by atoms with E-state index < -0.39 is 0 Å². The highest BCUT2D eigenvalue weighted by Crippen LogP contribution is 2.36. The van der Waals surface area contributed by atoms with Gasteiger partial charge in [-0.15, -0.1) is 0 Å². The monoisotopic (exact) mass is 219 g/mol. The molecule has 0 spiro atoms. The second kappa shape index (κ2) is 4.07. The minimum absolute atomic E-state index is 0.187. The number of rotatable bonds is 2. The third-order valence-electron chi connectivity index (χ3n) is 3.52. The second-order valence-electron chi connectivity index (χ2n) is 4.55. The van der Waals surface area contributed by atoms with Crippen LogP contribution in [0, 0.1) is 0 Å². The van der Waals surface area contributed by atoms with Crippen molar-refractivity contribution >= 4 is 0 Å². The van der Waals surface area contributed by atoms with Crippen molar-refractivity contribution in [3.8, 4) is 5.75 Å². The Balaban J connectivity index is 1.97. The van der Waals surface area contributed by atoms with Crippen molar-refractivity contribution < 1.29 is 9.57 Å². The standard InChI is InChI=1S/C13H17NO2/c1-15-14-12-8-16-13-7-10-5-3-2-4-9(10)6-11(12)13/h6-7,12,14H,2-5,8H2,1H3. The highest BCUT2D eigenvalue weighted by molar-refractivity contribution is 5.47. The average molecular weight is 219 g/mol. The van der Waals surface area contributed by atoms with Crippen LogP contribution in [-0.2, 0) is 17.7 Å². The molecule has 0 saturated carbocycles. The normalized spacial score (nSPS) is 22.4. The molecule has 16 heavy (non-hydrogen) atoms. The summed E-state index contributed by atoms with van der Waals surface area (Å²) in [5.41, 5.74) is 7.21. The predicted octanol–water partition coefficient (Wildman–Crippen LogP) is 2.15. The molecule has 3 nitrogen and oxygen atoms in total. The van der Waals surface area contributed by atoms with Crippen molar-refractivity contribution in [2.24, 2.45) is 0 Å². The molecule has 1 atom stereocenters. The van der Waals surface area contributed by atoms with E-state index in [2.05, 4.69) is 17.6 Å². The zero-order valence-electron chi connectivity index (χ0n) is 9.58. The van der Waals surface area contributed by atoms with E-state index in [1.54, 1.807) is 7.11 Å². The lowest BCUT2D eigenvalue weighted by atomic mass is 9.89. The smallest absolute Gasteiger partial charge is 0.124 e. The minimum atomic E-state index is 0.187. The van der Waals surface area contributed by atoms with Gasteiger partial charge in [-0.2, -0.15) is 5.48 Å². The second-order valence-corrected chi connectivity index (χ2v) is 4.55. The summed E-state index contributed by atoms with van der Waals surface area (Å²) in [6.45, 7) is 0.673. The van der Waals surface area contributed by atoms with Crippen molar-refractivity contribution in [2.75, 3.05) is 13.7 Å². The van der Waals surface area contributed by atoms with Crippen LogP contribution in [-0.4, -0.2) is 13.7 Å². The van der Waals surface area contributed by atoms with Crippen LogP contribution in [0.25, 0.3) is 0 Å². The average Bonchev–Trinajstić information content (AvgIpc) is 2.70. The van der Waals surface area contributed by atoms with Gasteiger partial charge in [-0.1, -0.05) is 6.07 Å². The lowest BCUT2D eigenvalue weighted by Gasteiger charge is -2.17. The van der Waals surface area contributed by atoms with Crippen LogP contribution in [0.1, 0.15) is 35.6 Å². The molecule has 1 unspecified atom stereocenters. The summed E-state index contributed by atoms with van der Waals surface area (Å²) >= 11 is 0. The van der Waals surface area contributed by atoms with Crippen LogP contribution in [0.5, 0.6) is 5.75 Å². The molecule has 0 radical (unpaired) electrons. The lowest BCUT2D eigenvalue weighted by molar-refractivity contribution is 0.0536. The number of hydrogen-bond acceptors (Lipinski definition) is 3. The van der Waals surface area contributed by atoms with Crippen molar-refractivity contribution in [3.63, 3.8) is 0 Å². The number of hydrogen-bond donors (Lipinski definition) is 1. The quantitative estimate of drug-likeness (QED) is 0.773. The summed E-state index contributed by atoms with van der Waals surface area (Å²) in [4.78, 5) is 5.00. The molecule has 0 saturated heterocycles. The van der Waals surface area contributed by atoms with Crippen molar-refractivity contribution in [1.29, 1.82) is 0 Å². The molecule has 2 aliphatic rings. The van der Waals surface area contributed by atoms with Gasteiger partial charge in [0.15, 0.2) is 0 Å². The minimum Gasteiger partial charge on any atom is -0.491 e. The van der Waals surface area contributed by atoms with E-state index in [-0.39, 0.29) is 6.04 Å². The van der Waals surface area contributed by atoms with Gasteiger partial charge in [-0.05, 0) is 42.9 Å². The Hall–Kier alpha value is -1.06. The molecule has 1 aromatic rings. The zero-order chi connectivity index (χ0) is 11.0. The molecule has 0 amide bonds. The fourth-order valence-electron chi connectivity index (χ4n) is 2.68. The maximum Gasteiger partial charge on any atom is 0.124 e. The van der Waals surface area contributed by atoms with Gasteiger partial charge in [0.2, 0.25) is 0 Å². The van der Waals surface area contributed by atoms with Gasteiger partial charge in [-0.25, -0.2) is 0 Å². The molecule has 0 bridgehead atoms. The topological polar surface area (TPSA) is 30.5 Å². The summed E-state index contributed by atoms with van der Waals surface area (Å²) in [6.07, 6.45) is 5.04. The van der Waals surface area contributed by atoms with Crippen LogP contribution in [0.15, 0.2) is 12.1 Å². The summed E-state index contributed by atoms with van der Waals surface area (Å²) in [5, 5.41) is 0. The zero-order valence-corrected chi connectivity index (χ0v) is 9.58. The first-order valence-electron chi connectivity index (χ1n) is 5.95. The van der Waals surface area contributed by atoms with Gasteiger partial charge in [0.05, 0.1) is 13.2 Å².